The third kappa shape index (κ3) is 1.94. The molecule has 3 nitrogen and oxygen atoms in total. The van der Waals surface area contributed by atoms with Crippen molar-refractivity contribution in [2.45, 2.75) is 12.8 Å². The molecule has 3 heteroatoms. The van der Waals surface area contributed by atoms with Gasteiger partial charge in [-0.2, -0.15) is 0 Å². The summed E-state index contributed by atoms with van der Waals surface area (Å²) in [6.07, 6.45) is 0. The summed E-state index contributed by atoms with van der Waals surface area (Å²) in [7, 11) is 5.03. The van der Waals surface area contributed by atoms with Crippen LogP contribution in [0.2, 0.25) is 0 Å². The molecule has 0 saturated carbocycles. The highest BCUT2D eigenvalue weighted by atomic mass is 16.7. The number of hydrogen-bond acceptors (Lipinski definition) is 3. The molecule has 0 saturated heterocycles. The molecule has 0 spiro atoms. The maximum absolute atomic E-state index is 5.03. The minimum atomic E-state index is -0.825. The van der Waals surface area contributed by atoms with Crippen molar-refractivity contribution in [2.24, 2.45) is 0 Å². The van der Waals surface area contributed by atoms with Crippen LogP contribution in [0.15, 0.2) is 0 Å². The Morgan fingerprint density at radius 1 is 1.40 bits per heavy atom. The maximum atomic E-state index is 5.03. The summed E-state index contributed by atoms with van der Waals surface area (Å²) >= 11 is 0. The van der Waals surface area contributed by atoms with Crippen molar-refractivity contribution in [2.75, 3.05) is 27.8 Å². The monoisotopic (exact) mass is 146 g/mol. The molecular formula is C7H16NO2. The summed E-state index contributed by atoms with van der Waals surface area (Å²) in [6.45, 7) is 6.61. The molecular weight excluding hydrogens is 130 g/mol. The van der Waals surface area contributed by atoms with Crippen LogP contribution in [0.25, 0.3) is 0 Å². The molecule has 0 N–H and O–H groups in total. The van der Waals surface area contributed by atoms with Gasteiger partial charge in [-0.3, -0.25) is 4.90 Å². The molecule has 0 aromatic rings. The van der Waals surface area contributed by atoms with Gasteiger partial charge in [0.1, 0.15) is 0 Å². The first kappa shape index (κ1) is 9.88. The summed E-state index contributed by atoms with van der Waals surface area (Å²) in [5.41, 5.74) is 0. The number of nitrogens with zero attached hydrogens (tertiary/aromatic N) is 1. The predicted molar refractivity (Wildman–Crippen MR) is 40.4 cm³/mol. The van der Waals surface area contributed by atoms with Gasteiger partial charge in [0, 0.05) is 21.1 Å². The first-order chi connectivity index (χ1) is 4.60. The van der Waals surface area contributed by atoms with Crippen LogP contribution in [0.4, 0.5) is 0 Å². The quantitative estimate of drug-likeness (QED) is 0.545. The SMILES string of the molecule is [CH2]C(OC)(OC)N(C)CC. The fourth-order valence-electron chi connectivity index (χ4n) is 0.636. The zero-order valence-electron chi connectivity index (χ0n) is 7.18. The van der Waals surface area contributed by atoms with E-state index in [-0.39, 0.29) is 0 Å². The largest absolute Gasteiger partial charge is 0.341 e. The lowest BCUT2D eigenvalue weighted by Crippen LogP contribution is -2.47. The Hall–Kier alpha value is -0.120. The molecule has 10 heavy (non-hydrogen) atoms. The van der Waals surface area contributed by atoms with Gasteiger partial charge in [0.15, 0.2) is 0 Å². The van der Waals surface area contributed by atoms with Crippen molar-refractivity contribution in [1.29, 1.82) is 0 Å². The summed E-state index contributed by atoms with van der Waals surface area (Å²) in [5, 5.41) is 0. The molecule has 0 unspecified atom stereocenters. The van der Waals surface area contributed by atoms with E-state index in [0.717, 1.165) is 6.54 Å². The Morgan fingerprint density at radius 3 is 1.90 bits per heavy atom. The van der Waals surface area contributed by atoms with Crippen LogP contribution in [0.5, 0.6) is 0 Å². The van der Waals surface area contributed by atoms with Gasteiger partial charge in [0.25, 0.3) is 0 Å². The van der Waals surface area contributed by atoms with Crippen molar-refractivity contribution in [3.8, 4) is 0 Å². The average Bonchev–Trinajstić information content (AvgIpc) is 2.01. The Kier molecular flexibility index (Phi) is 3.86. The highest BCUT2D eigenvalue weighted by Crippen LogP contribution is 2.12. The molecule has 0 rings (SSSR count). The smallest absolute Gasteiger partial charge is 0.229 e. The summed E-state index contributed by atoms with van der Waals surface area (Å²) < 4.78 is 10.1. The van der Waals surface area contributed by atoms with Crippen molar-refractivity contribution in [3.63, 3.8) is 0 Å². The molecule has 0 fully saturated rings. The van der Waals surface area contributed by atoms with Gasteiger partial charge in [-0.1, -0.05) is 6.92 Å². The third-order valence-electron chi connectivity index (χ3n) is 1.69. The van der Waals surface area contributed by atoms with E-state index in [1.54, 1.807) is 14.2 Å². The van der Waals surface area contributed by atoms with Crippen molar-refractivity contribution < 1.29 is 9.47 Å². The summed E-state index contributed by atoms with van der Waals surface area (Å²) in [5.74, 6) is -0.825. The third-order valence-corrected chi connectivity index (χ3v) is 1.69. The molecule has 0 aliphatic heterocycles. The Bertz CT molecular complexity index is 91.6. The first-order valence-electron chi connectivity index (χ1n) is 3.27. The van der Waals surface area contributed by atoms with E-state index in [1.807, 2.05) is 18.9 Å². The molecule has 0 aromatic carbocycles. The van der Waals surface area contributed by atoms with Gasteiger partial charge in [0.05, 0.1) is 0 Å². The van der Waals surface area contributed by atoms with E-state index >= 15 is 0 Å². The van der Waals surface area contributed by atoms with Crippen LogP contribution in [-0.4, -0.2) is 38.6 Å². The van der Waals surface area contributed by atoms with Gasteiger partial charge < -0.3 is 9.47 Å². The van der Waals surface area contributed by atoms with Crippen LogP contribution < -0.4 is 0 Å². The number of methoxy groups -OCH3 is 2. The molecule has 0 aliphatic rings. The predicted octanol–water partition coefficient (Wildman–Crippen LogP) is 0.719. The van der Waals surface area contributed by atoms with Crippen molar-refractivity contribution in [1.82, 2.24) is 4.90 Å². The second-order valence-electron chi connectivity index (χ2n) is 2.14. The fourth-order valence-corrected chi connectivity index (χ4v) is 0.636. The lowest BCUT2D eigenvalue weighted by Gasteiger charge is -2.34. The zero-order chi connectivity index (χ0) is 8.20. The van der Waals surface area contributed by atoms with E-state index in [1.165, 1.54) is 0 Å². The van der Waals surface area contributed by atoms with Gasteiger partial charge in [0.2, 0.25) is 5.91 Å². The standard InChI is InChI=1S/C7H16NO2/c1-6-8(3)7(2,9-4)10-5/h2,6H2,1,3-5H3. The Morgan fingerprint density at radius 2 is 1.80 bits per heavy atom. The molecule has 0 amide bonds. The van der Waals surface area contributed by atoms with E-state index < -0.39 is 5.91 Å². The van der Waals surface area contributed by atoms with Gasteiger partial charge >= 0.3 is 0 Å². The lowest BCUT2D eigenvalue weighted by molar-refractivity contribution is -0.256. The topological polar surface area (TPSA) is 21.7 Å². The molecule has 0 aliphatic carbocycles. The van der Waals surface area contributed by atoms with E-state index in [4.69, 9.17) is 9.47 Å². The Labute approximate surface area is 62.9 Å². The highest BCUT2D eigenvalue weighted by molar-refractivity contribution is 4.69. The molecule has 1 radical (unpaired) electrons. The first-order valence-corrected chi connectivity index (χ1v) is 3.27. The minimum absolute atomic E-state index is 0.825. The minimum Gasteiger partial charge on any atom is -0.341 e. The van der Waals surface area contributed by atoms with Gasteiger partial charge in [-0.15, -0.1) is 0 Å². The number of hydrogen-bond donors (Lipinski definition) is 0. The molecule has 0 heterocycles. The number of ether oxygens (including phenoxy) is 2. The number of rotatable bonds is 4. The highest BCUT2D eigenvalue weighted by Gasteiger charge is 2.26. The van der Waals surface area contributed by atoms with Crippen LogP contribution in [0.3, 0.4) is 0 Å². The van der Waals surface area contributed by atoms with E-state index in [2.05, 4.69) is 6.92 Å². The van der Waals surface area contributed by atoms with Crippen molar-refractivity contribution >= 4 is 0 Å². The summed E-state index contributed by atoms with van der Waals surface area (Å²) in [4.78, 5) is 1.87. The molecule has 61 valence electrons. The molecule has 0 atom stereocenters. The summed E-state index contributed by atoms with van der Waals surface area (Å²) in [6, 6.07) is 0. The second kappa shape index (κ2) is 3.91. The second-order valence-corrected chi connectivity index (χ2v) is 2.14. The van der Waals surface area contributed by atoms with Crippen LogP contribution in [0, 0.1) is 6.92 Å². The molecule has 0 aromatic heterocycles. The fraction of sp³-hybridized carbons (Fsp3) is 0.857. The average molecular weight is 146 g/mol. The van der Waals surface area contributed by atoms with E-state index in [0.29, 0.717) is 0 Å². The zero-order valence-corrected chi connectivity index (χ0v) is 7.18. The lowest BCUT2D eigenvalue weighted by atomic mass is 10.4. The van der Waals surface area contributed by atoms with Gasteiger partial charge in [-0.05, 0) is 13.6 Å². The van der Waals surface area contributed by atoms with E-state index in [9.17, 15) is 0 Å². The van der Waals surface area contributed by atoms with Crippen LogP contribution in [-0.2, 0) is 9.47 Å². The van der Waals surface area contributed by atoms with Crippen LogP contribution >= 0.6 is 0 Å². The van der Waals surface area contributed by atoms with Crippen molar-refractivity contribution in [3.05, 3.63) is 6.92 Å². The normalized spacial score (nSPS) is 12.6. The van der Waals surface area contributed by atoms with Gasteiger partial charge in [-0.25, -0.2) is 0 Å². The Balaban J connectivity index is 4.02. The van der Waals surface area contributed by atoms with Crippen LogP contribution in [0.1, 0.15) is 6.92 Å². The molecule has 0 bridgehead atoms. The maximum Gasteiger partial charge on any atom is 0.229 e.